The van der Waals surface area contributed by atoms with E-state index >= 15 is 0 Å². The van der Waals surface area contributed by atoms with E-state index in [1.807, 2.05) is 29.0 Å². The molecule has 0 aliphatic heterocycles. The van der Waals surface area contributed by atoms with Crippen molar-refractivity contribution < 1.29 is 19.4 Å². The minimum Gasteiger partial charge on any atom is -0.494 e. The molecule has 9 heteroatoms. The first kappa shape index (κ1) is 26.9. The van der Waals surface area contributed by atoms with Gasteiger partial charge < -0.3 is 24.5 Å². The molecule has 0 saturated carbocycles. The van der Waals surface area contributed by atoms with Gasteiger partial charge in [-0.05, 0) is 53.8 Å². The van der Waals surface area contributed by atoms with E-state index in [9.17, 15) is 9.90 Å². The van der Waals surface area contributed by atoms with Crippen LogP contribution in [0.5, 0.6) is 5.75 Å². The summed E-state index contributed by atoms with van der Waals surface area (Å²) in [5.74, 6) is 0.671. The van der Waals surface area contributed by atoms with Crippen molar-refractivity contribution in [1.29, 1.82) is 0 Å². The molecule has 0 unspecified atom stereocenters. The van der Waals surface area contributed by atoms with Crippen molar-refractivity contribution in [3.05, 3.63) is 77.9 Å². The molecule has 2 N–H and O–H groups in total. The lowest BCUT2D eigenvalue weighted by Gasteiger charge is -2.29. The van der Waals surface area contributed by atoms with E-state index in [1.165, 1.54) is 11.1 Å². The van der Waals surface area contributed by atoms with E-state index in [-0.39, 0.29) is 6.54 Å². The SMILES string of the molecule is COc1cnc2c(ccn2COCC[Si](C)(C)C)c1-c1ccnc(C2(CNC(=O)O)Cc3ccccc3C2)c1. The van der Waals surface area contributed by atoms with Gasteiger partial charge in [0.2, 0.25) is 0 Å². The molecular weight excluding hydrogens is 508 g/mol. The topological polar surface area (TPSA) is 98.5 Å². The van der Waals surface area contributed by atoms with Crippen LogP contribution < -0.4 is 10.1 Å². The lowest BCUT2D eigenvalue weighted by molar-refractivity contribution is 0.0899. The highest BCUT2D eigenvalue weighted by Gasteiger charge is 2.40. The summed E-state index contributed by atoms with van der Waals surface area (Å²) in [4.78, 5) is 21.0. The van der Waals surface area contributed by atoms with Crippen molar-refractivity contribution in [2.45, 2.75) is 50.7 Å². The number of hydrogen-bond donors (Lipinski definition) is 2. The number of benzene rings is 1. The average Bonchev–Trinajstić information content (AvgIpc) is 3.51. The summed E-state index contributed by atoms with van der Waals surface area (Å²) >= 11 is 0. The number of rotatable bonds is 10. The molecule has 204 valence electrons. The summed E-state index contributed by atoms with van der Waals surface area (Å²) in [6.07, 6.45) is 5.96. The highest BCUT2D eigenvalue weighted by atomic mass is 28.3. The Morgan fingerprint density at radius 1 is 1.13 bits per heavy atom. The normalized spacial score (nSPS) is 14.4. The number of fused-ring (bicyclic) bond motifs is 2. The van der Waals surface area contributed by atoms with Crippen LogP contribution in [0.2, 0.25) is 25.7 Å². The first-order valence-corrected chi connectivity index (χ1v) is 17.0. The van der Waals surface area contributed by atoms with Crippen LogP contribution in [0.1, 0.15) is 16.8 Å². The average molecular weight is 545 g/mol. The van der Waals surface area contributed by atoms with Gasteiger partial charge in [-0.15, -0.1) is 0 Å². The molecule has 0 fully saturated rings. The van der Waals surface area contributed by atoms with E-state index in [1.54, 1.807) is 19.5 Å². The number of amides is 1. The minimum absolute atomic E-state index is 0.279. The molecule has 4 aromatic rings. The highest BCUT2D eigenvalue weighted by Crippen LogP contribution is 2.42. The van der Waals surface area contributed by atoms with Crippen LogP contribution in [-0.4, -0.2) is 54.1 Å². The molecule has 39 heavy (non-hydrogen) atoms. The number of nitrogens with one attached hydrogen (secondary N) is 1. The second kappa shape index (κ2) is 10.8. The zero-order chi connectivity index (χ0) is 27.6. The fourth-order valence-corrected chi connectivity index (χ4v) is 6.19. The lowest BCUT2D eigenvalue weighted by atomic mass is 9.80. The quantitative estimate of drug-likeness (QED) is 0.196. The van der Waals surface area contributed by atoms with Gasteiger partial charge >= 0.3 is 6.09 Å². The molecule has 1 amide bonds. The molecule has 0 radical (unpaired) electrons. The first-order valence-electron chi connectivity index (χ1n) is 13.3. The van der Waals surface area contributed by atoms with Gasteiger partial charge in [-0.3, -0.25) is 4.98 Å². The molecule has 1 aliphatic rings. The summed E-state index contributed by atoms with van der Waals surface area (Å²) in [7, 11) is 0.486. The van der Waals surface area contributed by atoms with Gasteiger partial charge in [-0.1, -0.05) is 43.9 Å². The van der Waals surface area contributed by atoms with Crippen LogP contribution in [0.15, 0.2) is 61.1 Å². The van der Waals surface area contributed by atoms with Gasteiger partial charge in [0.25, 0.3) is 0 Å². The van der Waals surface area contributed by atoms with Gasteiger partial charge in [-0.2, -0.15) is 0 Å². The van der Waals surface area contributed by atoms with E-state index in [0.717, 1.165) is 40.5 Å². The Labute approximate surface area is 230 Å². The third kappa shape index (κ3) is 5.69. The predicted molar refractivity (Wildman–Crippen MR) is 155 cm³/mol. The summed E-state index contributed by atoms with van der Waals surface area (Å²) < 4.78 is 13.8. The number of nitrogens with zero attached hydrogens (tertiary/aromatic N) is 3. The van der Waals surface area contributed by atoms with Gasteiger partial charge in [0.1, 0.15) is 18.1 Å². The molecule has 5 rings (SSSR count). The number of ether oxygens (including phenoxy) is 2. The number of carbonyl (C=O) groups is 1. The highest BCUT2D eigenvalue weighted by molar-refractivity contribution is 6.76. The second-order valence-electron chi connectivity index (χ2n) is 11.6. The van der Waals surface area contributed by atoms with Gasteiger partial charge in [0.05, 0.1) is 13.3 Å². The summed E-state index contributed by atoms with van der Waals surface area (Å²) in [6, 6.07) is 15.5. The smallest absolute Gasteiger partial charge is 0.404 e. The Kier molecular flexibility index (Phi) is 7.46. The van der Waals surface area contributed by atoms with Crippen LogP contribution in [-0.2, 0) is 29.7 Å². The maximum atomic E-state index is 11.5. The Bertz CT molecular complexity index is 1470. The third-order valence-electron chi connectivity index (χ3n) is 7.55. The first-order chi connectivity index (χ1) is 18.7. The molecule has 8 nitrogen and oxygen atoms in total. The number of hydrogen-bond acceptors (Lipinski definition) is 5. The van der Waals surface area contributed by atoms with Crippen molar-refractivity contribution in [2.24, 2.45) is 0 Å². The van der Waals surface area contributed by atoms with E-state index in [2.05, 4.69) is 49.2 Å². The number of methoxy groups -OCH3 is 1. The molecule has 1 aliphatic carbocycles. The number of aromatic nitrogens is 3. The number of carboxylic acid groups (broad SMARTS) is 1. The Balaban J connectivity index is 1.51. The van der Waals surface area contributed by atoms with Crippen molar-refractivity contribution in [3.8, 4) is 16.9 Å². The van der Waals surface area contributed by atoms with Crippen LogP contribution >= 0.6 is 0 Å². The molecule has 0 atom stereocenters. The Hall–Kier alpha value is -3.69. The standard InChI is InChI=1S/C30H36N4O4Si/c1-37-25-18-32-28-24(10-12-34(28)20-38-13-14-39(2,3)4)27(25)21-9-11-31-26(15-21)30(19-33-29(35)36)16-22-7-5-6-8-23(22)17-30/h5-12,15,18,33H,13-14,16-17,19-20H2,1-4H3,(H,35,36). The van der Waals surface area contributed by atoms with Crippen LogP contribution in [0, 0.1) is 0 Å². The summed E-state index contributed by atoms with van der Waals surface area (Å²) in [6.45, 7) is 8.49. The molecule has 0 spiro atoms. The molecule has 1 aromatic carbocycles. The van der Waals surface area contributed by atoms with Crippen molar-refractivity contribution in [3.63, 3.8) is 0 Å². The minimum atomic E-state index is -1.16. The molecule has 0 bridgehead atoms. The van der Waals surface area contributed by atoms with E-state index in [0.29, 0.717) is 25.3 Å². The van der Waals surface area contributed by atoms with Crippen molar-refractivity contribution in [1.82, 2.24) is 19.9 Å². The Morgan fingerprint density at radius 3 is 2.54 bits per heavy atom. The number of pyridine rings is 2. The lowest BCUT2D eigenvalue weighted by Crippen LogP contribution is -2.41. The van der Waals surface area contributed by atoms with E-state index < -0.39 is 19.6 Å². The zero-order valence-electron chi connectivity index (χ0n) is 23.0. The monoisotopic (exact) mass is 544 g/mol. The molecule has 0 saturated heterocycles. The van der Waals surface area contributed by atoms with Crippen LogP contribution in [0.3, 0.4) is 0 Å². The van der Waals surface area contributed by atoms with Crippen LogP contribution in [0.4, 0.5) is 4.79 Å². The molecular formula is C30H36N4O4Si. The maximum absolute atomic E-state index is 11.5. The van der Waals surface area contributed by atoms with Crippen LogP contribution in [0.25, 0.3) is 22.2 Å². The molecule has 3 heterocycles. The fraction of sp³-hybridized carbons (Fsp3) is 0.367. The molecule has 3 aromatic heterocycles. The predicted octanol–water partition coefficient (Wildman–Crippen LogP) is 5.72. The third-order valence-corrected chi connectivity index (χ3v) is 9.25. The Morgan fingerprint density at radius 2 is 1.87 bits per heavy atom. The van der Waals surface area contributed by atoms with Gasteiger partial charge in [-0.25, -0.2) is 9.78 Å². The maximum Gasteiger partial charge on any atom is 0.404 e. The van der Waals surface area contributed by atoms with Crippen molar-refractivity contribution >= 4 is 25.2 Å². The van der Waals surface area contributed by atoms with Gasteiger partial charge in [0.15, 0.2) is 0 Å². The largest absolute Gasteiger partial charge is 0.494 e. The summed E-state index contributed by atoms with van der Waals surface area (Å²) in [5.41, 5.74) is 5.54. The van der Waals surface area contributed by atoms with E-state index in [4.69, 9.17) is 19.4 Å². The van der Waals surface area contributed by atoms with Crippen molar-refractivity contribution in [2.75, 3.05) is 20.3 Å². The second-order valence-corrected chi connectivity index (χ2v) is 17.2. The fourth-order valence-electron chi connectivity index (χ4n) is 5.43. The van der Waals surface area contributed by atoms with Gasteiger partial charge in [0, 0.05) is 55.7 Å². The summed E-state index contributed by atoms with van der Waals surface area (Å²) in [5, 5.41) is 13.0. The zero-order valence-corrected chi connectivity index (χ0v) is 24.0.